The van der Waals surface area contributed by atoms with E-state index in [-0.39, 0.29) is 30.0 Å². The first kappa shape index (κ1) is 15.4. The molecule has 22 heavy (non-hydrogen) atoms. The van der Waals surface area contributed by atoms with E-state index in [9.17, 15) is 13.2 Å². The molecule has 0 radical (unpaired) electrons. The minimum atomic E-state index is -4.44. The zero-order valence-electron chi connectivity index (χ0n) is 11.4. The van der Waals surface area contributed by atoms with Crippen molar-refractivity contribution in [1.82, 2.24) is 10.1 Å². The van der Waals surface area contributed by atoms with Gasteiger partial charge in [-0.1, -0.05) is 5.16 Å². The highest BCUT2D eigenvalue weighted by molar-refractivity contribution is 7.08. The van der Waals surface area contributed by atoms with Crippen LogP contribution < -0.4 is 0 Å². The summed E-state index contributed by atoms with van der Waals surface area (Å²) < 4.78 is 54.2. The van der Waals surface area contributed by atoms with E-state index >= 15 is 0 Å². The number of halogens is 3. The molecule has 0 aliphatic carbocycles. The van der Waals surface area contributed by atoms with Gasteiger partial charge in [-0.25, -0.2) is 0 Å². The fraction of sp³-hybridized carbons (Fsp3) is 0.538. The molecule has 1 aliphatic heterocycles. The fourth-order valence-corrected chi connectivity index (χ4v) is 2.99. The molecule has 0 saturated carbocycles. The lowest BCUT2D eigenvalue weighted by atomic mass is 10.2. The van der Waals surface area contributed by atoms with Gasteiger partial charge in [-0.15, -0.1) is 0 Å². The molecule has 5 nitrogen and oxygen atoms in total. The van der Waals surface area contributed by atoms with Crippen LogP contribution in [0.3, 0.4) is 0 Å². The molecule has 2 aromatic heterocycles. The van der Waals surface area contributed by atoms with Gasteiger partial charge in [-0.2, -0.15) is 29.5 Å². The Morgan fingerprint density at radius 3 is 2.95 bits per heavy atom. The van der Waals surface area contributed by atoms with Crippen LogP contribution in [0.25, 0.3) is 11.5 Å². The molecule has 1 fully saturated rings. The monoisotopic (exact) mass is 334 g/mol. The highest BCUT2D eigenvalue weighted by Gasteiger charge is 2.36. The Morgan fingerprint density at radius 1 is 1.36 bits per heavy atom. The van der Waals surface area contributed by atoms with Crippen molar-refractivity contribution in [2.24, 2.45) is 0 Å². The van der Waals surface area contributed by atoms with E-state index in [0.717, 1.165) is 36.2 Å². The molecule has 1 atom stereocenters. The number of ether oxygens (including phenoxy) is 2. The Kier molecular flexibility index (Phi) is 4.46. The highest BCUT2D eigenvalue weighted by atomic mass is 32.1. The second-order valence-corrected chi connectivity index (χ2v) is 5.61. The van der Waals surface area contributed by atoms with E-state index in [0.29, 0.717) is 6.61 Å². The third-order valence-electron chi connectivity index (χ3n) is 3.22. The maximum atomic E-state index is 12.8. The lowest BCUT2D eigenvalue weighted by Gasteiger charge is -2.07. The van der Waals surface area contributed by atoms with Crippen LogP contribution in [0.4, 0.5) is 13.2 Å². The largest absolute Gasteiger partial charge is 0.417 e. The average molecular weight is 334 g/mol. The molecule has 120 valence electrons. The summed E-state index contributed by atoms with van der Waals surface area (Å²) in [6.45, 7) is 1.23. The van der Waals surface area contributed by atoms with Crippen molar-refractivity contribution in [3.8, 4) is 11.5 Å². The summed E-state index contributed by atoms with van der Waals surface area (Å²) in [6, 6.07) is 0. The quantitative estimate of drug-likeness (QED) is 0.837. The van der Waals surface area contributed by atoms with Gasteiger partial charge < -0.3 is 14.0 Å². The van der Waals surface area contributed by atoms with Gasteiger partial charge in [-0.3, -0.25) is 0 Å². The van der Waals surface area contributed by atoms with Crippen molar-refractivity contribution in [3.63, 3.8) is 0 Å². The Labute approximate surface area is 128 Å². The van der Waals surface area contributed by atoms with E-state index in [4.69, 9.17) is 14.0 Å². The van der Waals surface area contributed by atoms with Crippen LogP contribution in [0.1, 0.15) is 24.2 Å². The maximum absolute atomic E-state index is 12.8. The van der Waals surface area contributed by atoms with Gasteiger partial charge in [0.1, 0.15) is 6.61 Å². The summed E-state index contributed by atoms with van der Waals surface area (Å²) >= 11 is 0.936. The Hall–Kier alpha value is -1.45. The van der Waals surface area contributed by atoms with Crippen LogP contribution in [0.2, 0.25) is 0 Å². The molecule has 1 unspecified atom stereocenters. The Balaban J connectivity index is 1.62. The van der Waals surface area contributed by atoms with Gasteiger partial charge in [0.25, 0.3) is 5.89 Å². The van der Waals surface area contributed by atoms with Crippen LogP contribution >= 0.6 is 11.3 Å². The lowest BCUT2D eigenvalue weighted by Crippen LogP contribution is -2.14. The second-order valence-electron chi connectivity index (χ2n) is 4.86. The summed E-state index contributed by atoms with van der Waals surface area (Å²) in [6.07, 6.45) is -2.42. The number of nitrogens with zero attached hydrogens (tertiary/aromatic N) is 2. The smallest absolute Gasteiger partial charge is 0.376 e. The molecule has 3 rings (SSSR count). The van der Waals surface area contributed by atoms with Crippen LogP contribution in [0.5, 0.6) is 0 Å². The Bertz CT molecular complexity index is 620. The van der Waals surface area contributed by atoms with Gasteiger partial charge in [-0.05, 0) is 12.8 Å². The van der Waals surface area contributed by atoms with E-state index in [2.05, 4.69) is 10.1 Å². The van der Waals surface area contributed by atoms with E-state index in [1.165, 1.54) is 5.38 Å². The number of thiophene rings is 1. The summed E-state index contributed by atoms with van der Waals surface area (Å²) in [5, 5.41) is 6.01. The molecule has 0 spiro atoms. The minimum absolute atomic E-state index is 0.0695. The first-order valence-corrected chi connectivity index (χ1v) is 7.64. The Morgan fingerprint density at radius 2 is 2.23 bits per heavy atom. The standard InChI is InChI=1S/C13H13F3N2O3S/c14-13(15,16)10-7-22-6-9(10)12-17-11(18-21-12)5-19-4-8-2-1-3-20-8/h6-8H,1-5H2. The molecule has 0 N–H and O–H groups in total. The molecule has 2 aromatic rings. The predicted molar refractivity (Wildman–Crippen MR) is 71.2 cm³/mol. The summed E-state index contributed by atoms with van der Waals surface area (Å²) in [5.41, 5.74) is -0.872. The van der Waals surface area contributed by atoms with E-state index in [1.54, 1.807) is 0 Å². The topological polar surface area (TPSA) is 57.4 Å². The van der Waals surface area contributed by atoms with E-state index < -0.39 is 11.7 Å². The van der Waals surface area contributed by atoms with Gasteiger partial charge >= 0.3 is 6.18 Å². The third kappa shape index (κ3) is 3.47. The highest BCUT2D eigenvalue weighted by Crippen LogP contribution is 2.38. The van der Waals surface area contributed by atoms with Gasteiger partial charge in [0.2, 0.25) is 0 Å². The first-order chi connectivity index (χ1) is 10.5. The SMILES string of the molecule is FC(F)(F)c1cscc1-c1nc(COCC2CCCO2)no1. The number of rotatable bonds is 5. The van der Waals surface area contributed by atoms with Crippen LogP contribution in [0, 0.1) is 0 Å². The maximum Gasteiger partial charge on any atom is 0.417 e. The number of hydrogen-bond acceptors (Lipinski definition) is 6. The van der Waals surface area contributed by atoms with Crippen molar-refractivity contribution in [2.45, 2.75) is 31.7 Å². The minimum Gasteiger partial charge on any atom is -0.376 e. The molecule has 0 amide bonds. The molecular formula is C13H13F3N2O3S. The van der Waals surface area contributed by atoms with Crippen LogP contribution in [0.15, 0.2) is 15.3 Å². The summed E-state index contributed by atoms with van der Waals surface area (Å²) in [4.78, 5) is 3.95. The number of aromatic nitrogens is 2. The van der Waals surface area contributed by atoms with Crippen LogP contribution in [-0.4, -0.2) is 29.5 Å². The van der Waals surface area contributed by atoms with E-state index in [1.807, 2.05) is 0 Å². The van der Waals surface area contributed by atoms with Gasteiger partial charge in [0.15, 0.2) is 5.82 Å². The summed E-state index contributed by atoms with van der Waals surface area (Å²) in [5.74, 6) is 0.0663. The van der Waals surface area contributed by atoms with Gasteiger partial charge in [0.05, 0.1) is 23.8 Å². The molecule has 3 heterocycles. The van der Waals surface area contributed by atoms with Crippen molar-refractivity contribution >= 4 is 11.3 Å². The molecular weight excluding hydrogens is 321 g/mol. The average Bonchev–Trinajstić information content (AvgIpc) is 3.19. The molecule has 1 aliphatic rings. The number of hydrogen-bond donors (Lipinski definition) is 0. The van der Waals surface area contributed by atoms with Crippen molar-refractivity contribution < 1.29 is 27.2 Å². The first-order valence-electron chi connectivity index (χ1n) is 6.69. The second kappa shape index (κ2) is 6.35. The molecule has 0 bridgehead atoms. The molecule has 9 heteroatoms. The molecule has 1 saturated heterocycles. The molecule has 0 aromatic carbocycles. The van der Waals surface area contributed by atoms with Crippen molar-refractivity contribution in [1.29, 1.82) is 0 Å². The fourth-order valence-electron chi connectivity index (χ4n) is 2.16. The van der Waals surface area contributed by atoms with Crippen molar-refractivity contribution in [2.75, 3.05) is 13.2 Å². The third-order valence-corrected chi connectivity index (χ3v) is 3.97. The normalized spacial score (nSPS) is 19.0. The van der Waals surface area contributed by atoms with Crippen molar-refractivity contribution in [3.05, 3.63) is 22.1 Å². The zero-order chi connectivity index (χ0) is 15.6. The number of alkyl halides is 3. The predicted octanol–water partition coefficient (Wildman–Crippen LogP) is 3.51. The summed E-state index contributed by atoms with van der Waals surface area (Å²) in [7, 11) is 0. The lowest BCUT2D eigenvalue weighted by molar-refractivity contribution is -0.136. The van der Waals surface area contributed by atoms with Crippen LogP contribution in [-0.2, 0) is 22.3 Å². The van der Waals surface area contributed by atoms with Gasteiger partial charge in [0, 0.05) is 17.4 Å². The zero-order valence-corrected chi connectivity index (χ0v) is 12.2.